The first-order valence-electron chi connectivity index (χ1n) is 6.58. The third-order valence-electron chi connectivity index (χ3n) is 3.30. The van der Waals surface area contributed by atoms with Crippen molar-refractivity contribution in [2.75, 3.05) is 18.5 Å². The zero-order valence-electron chi connectivity index (χ0n) is 10.7. The summed E-state index contributed by atoms with van der Waals surface area (Å²) in [5.41, 5.74) is 0.0586. The van der Waals surface area contributed by atoms with Crippen molar-refractivity contribution in [2.45, 2.75) is 38.0 Å². The van der Waals surface area contributed by atoms with E-state index in [1.807, 2.05) is 0 Å². The fourth-order valence-electron chi connectivity index (χ4n) is 2.25. The molecule has 1 aromatic rings. The summed E-state index contributed by atoms with van der Waals surface area (Å²) in [6, 6.07) is 5.05. The summed E-state index contributed by atoms with van der Waals surface area (Å²) in [5.74, 6) is 0. The van der Waals surface area contributed by atoms with Gasteiger partial charge in [-0.1, -0.05) is 12.8 Å². The van der Waals surface area contributed by atoms with E-state index in [-0.39, 0.29) is 0 Å². The molecule has 0 aromatic heterocycles. The molecule has 106 valence electrons. The van der Waals surface area contributed by atoms with Gasteiger partial charge < -0.3 is 10.1 Å². The Bertz CT molecular complexity index is 383. The fraction of sp³-hybridized carbons (Fsp3) is 0.571. The molecule has 2 nitrogen and oxygen atoms in total. The topological polar surface area (TPSA) is 21.3 Å². The number of halogens is 3. The predicted octanol–water partition coefficient (Wildman–Crippen LogP) is 4.08. The summed E-state index contributed by atoms with van der Waals surface area (Å²) in [6.07, 6.45) is 0.813. The average Bonchev–Trinajstić information content (AvgIpc) is 2.87. The van der Waals surface area contributed by atoms with Gasteiger partial charge in [0, 0.05) is 12.2 Å². The van der Waals surface area contributed by atoms with Crippen LogP contribution in [0.5, 0.6) is 0 Å². The number of ether oxygens (including phenoxy) is 1. The van der Waals surface area contributed by atoms with Gasteiger partial charge >= 0.3 is 6.18 Å². The highest BCUT2D eigenvalue weighted by Gasteiger charge is 2.29. The SMILES string of the molecule is FC(F)(F)c1ccc(NCCOC2CCCC2)cc1. The number of anilines is 1. The lowest BCUT2D eigenvalue weighted by molar-refractivity contribution is -0.137. The van der Waals surface area contributed by atoms with E-state index in [1.54, 1.807) is 0 Å². The van der Waals surface area contributed by atoms with Gasteiger partial charge in [-0.15, -0.1) is 0 Å². The highest BCUT2D eigenvalue weighted by atomic mass is 19.4. The van der Waals surface area contributed by atoms with Crippen LogP contribution in [0.15, 0.2) is 24.3 Å². The van der Waals surface area contributed by atoms with Crippen LogP contribution in [-0.2, 0) is 10.9 Å². The Balaban J connectivity index is 1.71. The molecule has 19 heavy (non-hydrogen) atoms. The predicted molar refractivity (Wildman–Crippen MR) is 68.1 cm³/mol. The summed E-state index contributed by atoms with van der Waals surface area (Å²) in [5, 5.41) is 3.05. The van der Waals surface area contributed by atoms with E-state index in [0.717, 1.165) is 25.0 Å². The van der Waals surface area contributed by atoms with Crippen LogP contribution in [0.1, 0.15) is 31.2 Å². The van der Waals surface area contributed by atoms with Crippen molar-refractivity contribution in [1.29, 1.82) is 0 Å². The maximum Gasteiger partial charge on any atom is 0.416 e. The fourth-order valence-corrected chi connectivity index (χ4v) is 2.25. The van der Waals surface area contributed by atoms with E-state index in [0.29, 0.717) is 24.9 Å². The first-order valence-corrected chi connectivity index (χ1v) is 6.58. The van der Waals surface area contributed by atoms with Crippen molar-refractivity contribution in [3.63, 3.8) is 0 Å². The summed E-state index contributed by atoms with van der Waals surface area (Å²) in [7, 11) is 0. The standard InChI is InChI=1S/C14H18F3NO/c15-14(16,17)11-5-7-12(8-6-11)18-9-10-19-13-3-1-2-4-13/h5-8,13,18H,1-4,9-10H2. The summed E-state index contributed by atoms with van der Waals surface area (Å²) in [4.78, 5) is 0. The maximum absolute atomic E-state index is 12.4. The van der Waals surface area contributed by atoms with Crippen LogP contribution in [-0.4, -0.2) is 19.3 Å². The molecule has 0 spiro atoms. The van der Waals surface area contributed by atoms with Gasteiger partial charge in [0.1, 0.15) is 0 Å². The molecule has 0 radical (unpaired) electrons. The molecule has 0 unspecified atom stereocenters. The van der Waals surface area contributed by atoms with E-state index < -0.39 is 11.7 Å². The van der Waals surface area contributed by atoms with Gasteiger partial charge in [-0.05, 0) is 37.1 Å². The van der Waals surface area contributed by atoms with E-state index in [1.165, 1.54) is 25.0 Å². The molecule has 1 aromatic carbocycles. The molecule has 0 aliphatic heterocycles. The molecule has 2 rings (SSSR count). The molecular formula is C14H18F3NO. The molecule has 0 saturated heterocycles. The van der Waals surface area contributed by atoms with Crippen LogP contribution in [0.4, 0.5) is 18.9 Å². The largest absolute Gasteiger partial charge is 0.416 e. The van der Waals surface area contributed by atoms with E-state index in [9.17, 15) is 13.2 Å². The zero-order chi connectivity index (χ0) is 13.7. The monoisotopic (exact) mass is 273 g/mol. The molecule has 5 heteroatoms. The maximum atomic E-state index is 12.4. The Morgan fingerprint density at radius 3 is 2.32 bits per heavy atom. The first-order chi connectivity index (χ1) is 9.05. The molecule has 0 amide bonds. The van der Waals surface area contributed by atoms with Gasteiger partial charge in [-0.25, -0.2) is 0 Å². The molecule has 0 bridgehead atoms. The third-order valence-corrected chi connectivity index (χ3v) is 3.30. The molecule has 1 fully saturated rings. The smallest absolute Gasteiger partial charge is 0.383 e. The van der Waals surface area contributed by atoms with Gasteiger partial charge in [0.25, 0.3) is 0 Å². The van der Waals surface area contributed by atoms with Crippen LogP contribution in [0.3, 0.4) is 0 Å². The van der Waals surface area contributed by atoms with Crippen molar-refractivity contribution in [1.82, 2.24) is 0 Å². The lowest BCUT2D eigenvalue weighted by atomic mass is 10.2. The Kier molecular flexibility index (Phi) is 4.69. The van der Waals surface area contributed by atoms with Crippen molar-refractivity contribution in [2.24, 2.45) is 0 Å². The number of nitrogens with one attached hydrogen (secondary N) is 1. The molecule has 0 atom stereocenters. The molecular weight excluding hydrogens is 255 g/mol. The van der Waals surface area contributed by atoms with E-state index >= 15 is 0 Å². The number of rotatable bonds is 5. The van der Waals surface area contributed by atoms with Crippen LogP contribution in [0, 0.1) is 0 Å². The number of benzene rings is 1. The lowest BCUT2D eigenvalue weighted by Gasteiger charge is -2.12. The van der Waals surface area contributed by atoms with Crippen molar-refractivity contribution in [3.8, 4) is 0 Å². The van der Waals surface area contributed by atoms with E-state index in [4.69, 9.17) is 4.74 Å². The normalized spacial score (nSPS) is 16.8. The zero-order valence-corrected chi connectivity index (χ0v) is 10.7. The number of alkyl halides is 3. The van der Waals surface area contributed by atoms with Crippen molar-refractivity contribution >= 4 is 5.69 Å². The van der Waals surface area contributed by atoms with Crippen molar-refractivity contribution < 1.29 is 17.9 Å². The van der Waals surface area contributed by atoms with Gasteiger partial charge in [-0.2, -0.15) is 13.2 Å². The van der Waals surface area contributed by atoms with Gasteiger partial charge in [0.15, 0.2) is 0 Å². The van der Waals surface area contributed by atoms with Crippen LogP contribution in [0.25, 0.3) is 0 Å². The van der Waals surface area contributed by atoms with Gasteiger partial charge in [-0.3, -0.25) is 0 Å². The highest BCUT2D eigenvalue weighted by Crippen LogP contribution is 2.29. The van der Waals surface area contributed by atoms with Gasteiger partial charge in [0.2, 0.25) is 0 Å². The van der Waals surface area contributed by atoms with E-state index in [2.05, 4.69) is 5.32 Å². The van der Waals surface area contributed by atoms with Crippen LogP contribution >= 0.6 is 0 Å². The second-order valence-corrected chi connectivity index (χ2v) is 4.78. The van der Waals surface area contributed by atoms with Crippen molar-refractivity contribution in [3.05, 3.63) is 29.8 Å². The summed E-state index contributed by atoms with van der Waals surface area (Å²) >= 11 is 0. The minimum Gasteiger partial charge on any atom is -0.383 e. The number of hydrogen-bond donors (Lipinski definition) is 1. The van der Waals surface area contributed by atoms with Crippen LogP contribution < -0.4 is 5.32 Å². The highest BCUT2D eigenvalue weighted by molar-refractivity contribution is 5.45. The third kappa shape index (κ3) is 4.42. The lowest BCUT2D eigenvalue weighted by Crippen LogP contribution is -2.15. The molecule has 1 N–H and O–H groups in total. The molecule has 1 saturated carbocycles. The Morgan fingerprint density at radius 1 is 1.11 bits per heavy atom. The first kappa shape index (κ1) is 14.2. The minimum absolute atomic E-state index is 0.370. The second-order valence-electron chi connectivity index (χ2n) is 4.78. The molecule has 0 heterocycles. The summed E-state index contributed by atoms with van der Waals surface area (Å²) < 4.78 is 42.7. The Labute approximate surface area is 111 Å². The molecule has 1 aliphatic carbocycles. The van der Waals surface area contributed by atoms with Gasteiger partial charge in [0.05, 0.1) is 18.3 Å². The second kappa shape index (κ2) is 6.28. The summed E-state index contributed by atoms with van der Waals surface area (Å²) in [6.45, 7) is 1.20. The quantitative estimate of drug-likeness (QED) is 0.816. The number of hydrogen-bond acceptors (Lipinski definition) is 2. The average molecular weight is 273 g/mol. The van der Waals surface area contributed by atoms with Crippen LogP contribution in [0.2, 0.25) is 0 Å². The Hall–Kier alpha value is -1.23. The molecule has 1 aliphatic rings. The Morgan fingerprint density at radius 2 is 1.74 bits per heavy atom. The minimum atomic E-state index is -4.27.